The summed E-state index contributed by atoms with van der Waals surface area (Å²) in [6, 6.07) is 0. The minimum absolute atomic E-state index is 1.12. The molecule has 4 nitrogen and oxygen atoms in total. The lowest BCUT2D eigenvalue weighted by Crippen LogP contribution is -2.35. The first-order valence-electron chi connectivity index (χ1n) is 6.42. The molecular weight excluding hydrogens is 218 g/mol. The van der Waals surface area contributed by atoms with Crippen molar-refractivity contribution in [1.82, 2.24) is 0 Å². The van der Waals surface area contributed by atoms with Gasteiger partial charge in [-0.3, -0.25) is 0 Å². The lowest BCUT2D eigenvalue weighted by Gasteiger charge is -2.23. The van der Waals surface area contributed by atoms with Crippen LogP contribution in [0, 0.1) is 0 Å². The summed E-state index contributed by atoms with van der Waals surface area (Å²) < 4.78 is 1.12. The number of aliphatic hydroxyl groups is 1. The van der Waals surface area contributed by atoms with Crippen LogP contribution >= 0.6 is 0 Å². The third-order valence-corrected chi connectivity index (χ3v) is 2.29. The van der Waals surface area contributed by atoms with Crippen LogP contribution < -0.4 is 0 Å². The van der Waals surface area contributed by atoms with Gasteiger partial charge in [-0.05, 0) is 19.8 Å². The molecule has 0 saturated heterocycles. The minimum Gasteiger partial charge on any atom is -0.479 e. The minimum atomic E-state index is -1.23. The van der Waals surface area contributed by atoms with E-state index in [9.17, 15) is 4.79 Å². The third kappa shape index (κ3) is 21.3. The van der Waals surface area contributed by atoms with Crippen molar-refractivity contribution in [3.05, 3.63) is 0 Å². The average Bonchev–Trinajstić information content (AvgIpc) is 2.16. The number of unbranched alkanes of at least 4 members (excludes halogenated alkanes) is 4. The van der Waals surface area contributed by atoms with Gasteiger partial charge in [-0.2, -0.15) is 0 Å². The van der Waals surface area contributed by atoms with Crippen LogP contribution in [0.15, 0.2) is 0 Å². The van der Waals surface area contributed by atoms with Crippen LogP contribution in [-0.4, -0.2) is 54.5 Å². The maximum Gasteiger partial charge on any atom is 0.332 e. The van der Waals surface area contributed by atoms with Crippen LogP contribution in [0.4, 0.5) is 0 Å². The van der Waals surface area contributed by atoms with E-state index >= 15 is 0 Å². The first-order valence-corrected chi connectivity index (χ1v) is 6.42. The molecular formula is C13H30NO3+. The van der Waals surface area contributed by atoms with Gasteiger partial charge in [0.15, 0.2) is 0 Å². The molecule has 0 aromatic carbocycles. The van der Waals surface area contributed by atoms with E-state index < -0.39 is 12.1 Å². The summed E-state index contributed by atoms with van der Waals surface area (Å²) in [6.07, 6.45) is 5.77. The van der Waals surface area contributed by atoms with Crippen LogP contribution in [0.25, 0.3) is 0 Å². The standard InChI is InChI=1S/C10H24N.C3H6O3/c1-5-6-7-8-9-10-11(2,3)4;1-2(4)3(5)6/h5-10H2,1-4H3;2,4H,1H3,(H,5,6)/q+1;. The van der Waals surface area contributed by atoms with Crippen molar-refractivity contribution in [2.24, 2.45) is 0 Å². The maximum absolute atomic E-state index is 9.45. The molecule has 0 radical (unpaired) electrons. The summed E-state index contributed by atoms with van der Waals surface area (Å²) in [4.78, 5) is 9.45. The molecule has 0 rings (SSSR count). The van der Waals surface area contributed by atoms with Crippen molar-refractivity contribution in [1.29, 1.82) is 0 Å². The summed E-state index contributed by atoms with van der Waals surface area (Å²) in [7, 11) is 6.79. The highest BCUT2D eigenvalue weighted by molar-refractivity contribution is 5.71. The van der Waals surface area contributed by atoms with Crippen molar-refractivity contribution < 1.29 is 19.5 Å². The number of carbonyl (C=O) groups is 1. The largest absolute Gasteiger partial charge is 0.479 e. The number of rotatable bonds is 7. The summed E-state index contributed by atoms with van der Waals surface area (Å²) >= 11 is 0. The third-order valence-electron chi connectivity index (χ3n) is 2.29. The summed E-state index contributed by atoms with van der Waals surface area (Å²) in [5, 5.41) is 15.8. The Hall–Kier alpha value is -0.610. The Balaban J connectivity index is 0. The first kappa shape index (κ1) is 18.7. The zero-order chi connectivity index (χ0) is 13.9. The second-order valence-corrected chi connectivity index (χ2v) is 5.44. The van der Waals surface area contributed by atoms with Gasteiger partial charge in [0.25, 0.3) is 0 Å². The fourth-order valence-corrected chi connectivity index (χ4v) is 1.19. The molecule has 2 N–H and O–H groups in total. The number of carboxylic acids is 1. The number of hydrogen-bond acceptors (Lipinski definition) is 2. The molecule has 0 spiro atoms. The zero-order valence-corrected chi connectivity index (χ0v) is 12.1. The Kier molecular flexibility index (Phi) is 11.6. The maximum atomic E-state index is 9.45. The van der Waals surface area contributed by atoms with E-state index in [1.807, 2.05) is 0 Å². The molecule has 17 heavy (non-hydrogen) atoms. The molecule has 0 fully saturated rings. The molecule has 1 unspecified atom stereocenters. The number of aliphatic hydroxyl groups excluding tert-OH is 1. The molecule has 0 aliphatic carbocycles. The van der Waals surface area contributed by atoms with Gasteiger partial charge in [0.05, 0.1) is 27.7 Å². The fourth-order valence-electron chi connectivity index (χ4n) is 1.19. The molecule has 0 aliphatic rings. The lowest BCUT2D eigenvalue weighted by atomic mass is 10.1. The van der Waals surface area contributed by atoms with Gasteiger partial charge in [-0.1, -0.05) is 26.2 Å². The smallest absolute Gasteiger partial charge is 0.332 e. The summed E-state index contributed by atoms with van der Waals surface area (Å²) in [6.45, 7) is 4.78. The topological polar surface area (TPSA) is 57.5 Å². The molecule has 0 heterocycles. The van der Waals surface area contributed by atoms with Gasteiger partial charge >= 0.3 is 5.97 Å². The van der Waals surface area contributed by atoms with Gasteiger partial charge in [-0.25, -0.2) is 4.79 Å². The van der Waals surface area contributed by atoms with Gasteiger partial charge < -0.3 is 14.7 Å². The van der Waals surface area contributed by atoms with Crippen molar-refractivity contribution in [2.45, 2.75) is 52.1 Å². The summed E-state index contributed by atoms with van der Waals surface area (Å²) in [5.74, 6) is -1.19. The molecule has 0 saturated carbocycles. The zero-order valence-electron chi connectivity index (χ0n) is 12.1. The van der Waals surface area contributed by atoms with Crippen LogP contribution in [0.2, 0.25) is 0 Å². The van der Waals surface area contributed by atoms with Crippen molar-refractivity contribution in [2.75, 3.05) is 27.7 Å². The fraction of sp³-hybridized carbons (Fsp3) is 0.923. The highest BCUT2D eigenvalue weighted by atomic mass is 16.4. The Labute approximate surface area is 106 Å². The lowest BCUT2D eigenvalue weighted by molar-refractivity contribution is -0.870. The van der Waals surface area contributed by atoms with Crippen LogP contribution in [0.3, 0.4) is 0 Å². The van der Waals surface area contributed by atoms with Gasteiger partial charge in [0.1, 0.15) is 6.10 Å². The molecule has 0 aliphatic heterocycles. The van der Waals surface area contributed by atoms with Gasteiger partial charge in [-0.15, -0.1) is 0 Å². The Bertz CT molecular complexity index is 186. The molecule has 104 valence electrons. The van der Waals surface area contributed by atoms with E-state index in [4.69, 9.17) is 10.2 Å². The van der Waals surface area contributed by atoms with Crippen LogP contribution in [0.1, 0.15) is 46.0 Å². The van der Waals surface area contributed by atoms with Crippen LogP contribution in [-0.2, 0) is 4.79 Å². The molecule has 0 bridgehead atoms. The average molecular weight is 248 g/mol. The predicted molar refractivity (Wildman–Crippen MR) is 71.0 cm³/mol. The number of carboxylic acid groups (broad SMARTS) is 1. The van der Waals surface area contributed by atoms with Crippen molar-refractivity contribution in [3.8, 4) is 0 Å². The second kappa shape index (κ2) is 10.5. The highest BCUT2D eigenvalue weighted by Gasteiger charge is 2.04. The normalized spacial score (nSPS) is 12.6. The highest BCUT2D eigenvalue weighted by Crippen LogP contribution is 2.04. The van der Waals surface area contributed by atoms with E-state index in [-0.39, 0.29) is 0 Å². The van der Waals surface area contributed by atoms with E-state index in [0.29, 0.717) is 0 Å². The Morgan fingerprint density at radius 2 is 1.53 bits per heavy atom. The Morgan fingerprint density at radius 1 is 1.12 bits per heavy atom. The molecule has 1 atom stereocenters. The number of hydrogen-bond donors (Lipinski definition) is 2. The van der Waals surface area contributed by atoms with Gasteiger partial charge in [0.2, 0.25) is 0 Å². The predicted octanol–water partition coefficient (Wildman–Crippen LogP) is 2.11. The summed E-state index contributed by atoms with van der Waals surface area (Å²) in [5.41, 5.74) is 0. The Morgan fingerprint density at radius 3 is 1.82 bits per heavy atom. The molecule has 0 amide bonds. The van der Waals surface area contributed by atoms with Crippen molar-refractivity contribution >= 4 is 5.97 Å². The number of quaternary nitrogens is 1. The first-order chi connectivity index (χ1) is 7.70. The molecule has 0 aromatic rings. The van der Waals surface area contributed by atoms with E-state index in [2.05, 4.69) is 28.1 Å². The molecule has 0 aromatic heterocycles. The van der Waals surface area contributed by atoms with E-state index in [1.54, 1.807) is 0 Å². The SMILES string of the molecule is CC(O)C(=O)O.CCCCCCC[N+](C)(C)C. The van der Waals surface area contributed by atoms with E-state index in [1.165, 1.54) is 45.6 Å². The van der Waals surface area contributed by atoms with Crippen molar-refractivity contribution in [3.63, 3.8) is 0 Å². The quantitative estimate of drug-likeness (QED) is 0.536. The number of aliphatic carboxylic acids is 1. The molecule has 4 heteroatoms. The monoisotopic (exact) mass is 248 g/mol. The van der Waals surface area contributed by atoms with Crippen LogP contribution in [0.5, 0.6) is 0 Å². The van der Waals surface area contributed by atoms with E-state index in [0.717, 1.165) is 4.48 Å². The number of nitrogens with zero attached hydrogens (tertiary/aromatic N) is 1. The van der Waals surface area contributed by atoms with Gasteiger partial charge in [0, 0.05) is 0 Å². The second-order valence-electron chi connectivity index (χ2n) is 5.44.